The topological polar surface area (TPSA) is 95.4 Å². The summed E-state index contributed by atoms with van der Waals surface area (Å²) in [5, 5.41) is 10.5. The molecule has 9 heteroatoms. The molecule has 40 heavy (non-hydrogen) atoms. The molecule has 1 N–H and O–H groups in total. The molecule has 1 saturated heterocycles. The molecule has 0 bridgehead atoms. The smallest absolute Gasteiger partial charge is 0.308 e. The Morgan fingerprint density at radius 3 is 2.55 bits per heavy atom. The number of ether oxygens (including phenoxy) is 2. The summed E-state index contributed by atoms with van der Waals surface area (Å²) in [5.41, 5.74) is 1.83. The standard InChI is InChI=1S/C31H44N4O5/c1-4-5-17-34(18-9-8-16-33(2)3)29(36)21-35-20-25(23-11-14-27-28(19-23)40-22-39-27)30(31(37)38)26(35)13-12-24-10-6-7-15-32-24/h6-7,10-11,14-15,19,25-26,30H,4-5,8-9,12-13,16-18,20-22H2,1-3H3,(H,37,38)/t25-,26-,30+/m1/s1. The van der Waals surface area contributed by atoms with Gasteiger partial charge in [0.05, 0.1) is 12.5 Å². The van der Waals surface area contributed by atoms with Crippen LogP contribution in [0.1, 0.15) is 56.2 Å². The third-order valence-corrected chi connectivity index (χ3v) is 8.04. The minimum atomic E-state index is -0.838. The molecule has 2 aliphatic heterocycles. The molecule has 2 aromatic rings. The van der Waals surface area contributed by atoms with E-state index in [1.165, 1.54) is 0 Å². The quantitative estimate of drug-likeness (QED) is 0.333. The normalized spacial score (nSPS) is 20.2. The molecule has 1 aromatic carbocycles. The number of likely N-dealkylation sites (tertiary alicyclic amines) is 1. The van der Waals surface area contributed by atoms with Crippen molar-refractivity contribution in [1.82, 2.24) is 19.7 Å². The number of pyridine rings is 1. The monoisotopic (exact) mass is 552 g/mol. The molecule has 0 spiro atoms. The van der Waals surface area contributed by atoms with E-state index >= 15 is 0 Å². The number of aliphatic carboxylic acids is 1. The van der Waals surface area contributed by atoms with Crippen LogP contribution >= 0.6 is 0 Å². The molecule has 0 saturated carbocycles. The number of nitrogens with zero attached hydrogens (tertiary/aromatic N) is 4. The largest absolute Gasteiger partial charge is 0.481 e. The van der Waals surface area contributed by atoms with E-state index in [1.54, 1.807) is 6.20 Å². The van der Waals surface area contributed by atoms with Crippen molar-refractivity contribution >= 4 is 11.9 Å². The molecule has 218 valence electrons. The van der Waals surface area contributed by atoms with E-state index in [0.717, 1.165) is 56.6 Å². The Morgan fingerprint density at radius 1 is 1.05 bits per heavy atom. The zero-order valence-electron chi connectivity index (χ0n) is 24.1. The highest BCUT2D eigenvalue weighted by Gasteiger charge is 2.47. The number of aryl methyl sites for hydroxylation is 1. The van der Waals surface area contributed by atoms with Gasteiger partial charge in [-0.15, -0.1) is 0 Å². The number of fused-ring (bicyclic) bond motifs is 1. The molecule has 2 aliphatic rings. The second-order valence-corrected chi connectivity index (χ2v) is 11.2. The lowest BCUT2D eigenvalue weighted by Crippen LogP contribution is -2.45. The Hall–Kier alpha value is -3.17. The van der Waals surface area contributed by atoms with Gasteiger partial charge in [0.2, 0.25) is 12.7 Å². The first-order valence-corrected chi connectivity index (χ1v) is 14.6. The van der Waals surface area contributed by atoms with Crippen molar-refractivity contribution in [2.75, 3.05) is 53.6 Å². The van der Waals surface area contributed by atoms with Gasteiger partial charge in [0.15, 0.2) is 11.5 Å². The number of carboxylic acids is 1. The fraction of sp³-hybridized carbons (Fsp3) is 0.581. The predicted octanol–water partition coefficient (Wildman–Crippen LogP) is 3.88. The van der Waals surface area contributed by atoms with Gasteiger partial charge in [-0.2, -0.15) is 0 Å². The molecule has 4 rings (SSSR count). The number of carbonyl (C=O) groups excluding carboxylic acids is 1. The lowest BCUT2D eigenvalue weighted by atomic mass is 9.83. The number of hydrogen-bond acceptors (Lipinski definition) is 7. The van der Waals surface area contributed by atoms with Crippen molar-refractivity contribution in [2.24, 2.45) is 5.92 Å². The van der Waals surface area contributed by atoms with Gasteiger partial charge in [-0.3, -0.25) is 19.5 Å². The second-order valence-electron chi connectivity index (χ2n) is 11.2. The summed E-state index contributed by atoms with van der Waals surface area (Å²) >= 11 is 0. The van der Waals surface area contributed by atoms with Crippen LogP contribution in [-0.2, 0) is 16.0 Å². The van der Waals surface area contributed by atoms with Gasteiger partial charge < -0.3 is 24.4 Å². The second kappa shape index (κ2) is 14.5. The molecule has 9 nitrogen and oxygen atoms in total. The van der Waals surface area contributed by atoms with E-state index in [9.17, 15) is 14.7 Å². The number of rotatable bonds is 15. The van der Waals surface area contributed by atoms with Crippen LogP contribution in [0, 0.1) is 5.92 Å². The SMILES string of the molecule is CCCCN(CCCCN(C)C)C(=O)CN1C[C@H](c2ccc3c(c2)OCO3)[C@H](C(=O)O)[C@H]1CCc1ccccn1. The number of aromatic nitrogens is 1. The first kappa shape index (κ1) is 29.8. The molecule has 0 unspecified atom stereocenters. The molecule has 1 fully saturated rings. The number of hydrogen-bond donors (Lipinski definition) is 1. The van der Waals surface area contributed by atoms with Gasteiger partial charge in [0, 0.05) is 43.5 Å². The third kappa shape index (κ3) is 7.73. The zero-order chi connectivity index (χ0) is 28.5. The predicted molar refractivity (Wildman–Crippen MR) is 154 cm³/mol. The van der Waals surface area contributed by atoms with Crippen molar-refractivity contribution < 1.29 is 24.2 Å². The van der Waals surface area contributed by atoms with Crippen LogP contribution in [0.2, 0.25) is 0 Å². The van der Waals surface area contributed by atoms with Crippen LogP contribution in [0.5, 0.6) is 11.5 Å². The third-order valence-electron chi connectivity index (χ3n) is 8.04. The Balaban J connectivity index is 1.54. The van der Waals surface area contributed by atoms with E-state index < -0.39 is 11.9 Å². The summed E-state index contributed by atoms with van der Waals surface area (Å²) in [4.78, 5) is 37.2. The van der Waals surface area contributed by atoms with Crippen molar-refractivity contribution in [3.8, 4) is 11.5 Å². The van der Waals surface area contributed by atoms with Crippen molar-refractivity contribution in [2.45, 2.75) is 57.4 Å². The van der Waals surface area contributed by atoms with Crippen LogP contribution < -0.4 is 9.47 Å². The van der Waals surface area contributed by atoms with Crippen molar-refractivity contribution in [1.29, 1.82) is 0 Å². The summed E-state index contributed by atoms with van der Waals surface area (Å²) in [7, 11) is 4.13. The lowest BCUT2D eigenvalue weighted by molar-refractivity contribution is -0.143. The fourth-order valence-corrected chi connectivity index (χ4v) is 5.89. The summed E-state index contributed by atoms with van der Waals surface area (Å²) < 4.78 is 11.1. The average Bonchev–Trinajstić information content (AvgIpc) is 3.56. The molecule has 1 aromatic heterocycles. The molecular weight excluding hydrogens is 508 g/mol. The summed E-state index contributed by atoms with van der Waals surface area (Å²) in [6, 6.07) is 11.2. The number of carbonyl (C=O) groups is 2. The van der Waals surface area contributed by atoms with Crippen molar-refractivity contribution in [3.63, 3.8) is 0 Å². The van der Waals surface area contributed by atoms with Gasteiger partial charge in [0.25, 0.3) is 0 Å². The van der Waals surface area contributed by atoms with E-state index in [4.69, 9.17) is 9.47 Å². The highest BCUT2D eigenvalue weighted by molar-refractivity contribution is 5.79. The summed E-state index contributed by atoms with van der Waals surface area (Å²) in [5.74, 6) is -0.358. The Bertz CT molecular complexity index is 1110. The van der Waals surface area contributed by atoms with E-state index in [2.05, 4.69) is 35.8 Å². The maximum absolute atomic E-state index is 13.7. The molecular formula is C31H44N4O5. The Labute approximate surface area is 238 Å². The molecule has 1 amide bonds. The lowest BCUT2D eigenvalue weighted by Gasteiger charge is -2.30. The summed E-state index contributed by atoms with van der Waals surface area (Å²) in [6.45, 7) is 5.48. The minimum Gasteiger partial charge on any atom is -0.481 e. The Morgan fingerprint density at radius 2 is 1.82 bits per heavy atom. The number of amides is 1. The minimum absolute atomic E-state index is 0.0802. The maximum atomic E-state index is 13.7. The van der Waals surface area contributed by atoms with Crippen LogP contribution in [0.3, 0.4) is 0 Å². The first-order valence-electron chi connectivity index (χ1n) is 14.6. The number of unbranched alkanes of at least 4 members (excludes halogenated alkanes) is 2. The maximum Gasteiger partial charge on any atom is 0.308 e. The van der Waals surface area contributed by atoms with Crippen LogP contribution in [0.25, 0.3) is 0 Å². The van der Waals surface area contributed by atoms with Crippen LogP contribution in [0.15, 0.2) is 42.6 Å². The molecule has 3 heterocycles. The van der Waals surface area contributed by atoms with Gasteiger partial charge in [-0.1, -0.05) is 25.5 Å². The van der Waals surface area contributed by atoms with Crippen LogP contribution in [-0.4, -0.2) is 96.3 Å². The van der Waals surface area contributed by atoms with Gasteiger partial charge in [-0.25, -0.2) is 0 Å². The van der Waals surface area contributed by atoms with Crippen LogP contribution in [0.4, 0.5) is 0 Å². The Kier molecular flexibility index (Phi) is 10.8. The molecule has 3 atom stereocenters. The van der Waals surface area contributed by atoms with E-state index in [0.29, 0.717) is 30.9 Å². The molecule has 0 radical (unpaired) electrons. The zero-order valence-corrected chi connectivity index (χ0v) is 24.1. The fourth-order valence-electron chi connectivity index (χ4n) is 5.89. The highest BCUT2D eigenvalue weighted by Crippen LogP contribution is 2.43. The van der Waals surface area contributed by atoms with Crippen molar-refractivity contribution in [3.05, 3.63) is 53.9 Å². The van der Waals surface area contributed by atoms with E-state index in [-0.39, 0.29) is 31.2 Å². The molecule has 0 aliphatic carbocycles. The first-order chi connectivity index (χ1) is 19.4. The van der Waals surface area contributed by atoms with Gasteiger partial charge >= 0.3 is 5.97 Å². The van der Waals surface area contributed by atoms with Gasteiger partial charge in [-0.05, 0) is 82.6 Å². The van der Waals surface area contributed by atoms with Gasteiger partial charge in [0.1, 0.15) is 0 Å². The number of benzene rings is 1. The van der Waals surface area contributed by atoms with E-state index in [1.807, 2.05) is 41.3 Å². The summed E-state index contributed by atoms with van der Waals surface area (Å²) in [6.07, 6.45) is 6.99. The highest BCUT2D eigenvalue weighted by atomic mass is 16.7. The average molecular weight is 553 g/mol. The number of carboxylic acid groups (broad SMARTS) is 1.